The lowest BCUT2D eigenvalue weighted by molar-refractivity contribution is -0.129. The van der Waals surface area contributed by atoms with E-state index in [1.165, 1.54) is 38.6 Å². The third-order valence-corrected chi connectivity index (χ3v) is 2.53. The van der Waals surface area contributed by atoms with E-state index in [0.29, 0.717) is 0 Å². The van der Waals surface area contributed by atoms with Crippen LogP contribution >= 0.6 is 0 Å². The van der Waals surface area contributed by atoms with E-state index < -0.39 is 0 Å². The van der Waals surface area contributed by atoms with E-state index in [0.717, 1.165) is 12.6 Å². The van der Waals surface area contributed by atoms with E-state index in [2.05, 4.69) is 5.06 Å². The van der Waals surface area contributed by atoms with E-state index in [9.17, 15) is 0 Å². The fraction of sp³-hybridized carbons (Fsp3) is 1.00. The predicted octanol–water partition coefficient (Wildman–Crippen LogP) is 1.57. The third-order valence-electron chi connectivity index (χ3n) is 2.53. The Morgan fingerprint density at radius 2 is 2.10 bits per heavy atom. The van der Waals surface area contributed by atoms with Crippen molar-refractivity contribution < 1.29 is 4.84 Å². The zero-order chi connectivity index (χ0) is 6.81. The quantitative estimate of drug-likeness (QED) is 0.507. The van der Waals surface area contributed by atoms with Crippen molar-refractivity contribution in [2.24, 2.45) is 0 Å². The molecule has 0 aromatic heterocycles. The molecule has 2 aliphatic heterocycles. The maximum absolute atomic E-state index is 5.47. The molecule has 0 bridgehead atoms. The molecule has 2 fully saturated rings. The highest BCUT2D eigenvalue weighted by Gasteiger charge is 2.26. The van der Waals surface area contributed by atoms with Gasteiger partial charge in [0.1, 0.15) is 0 Å². The first-order valence-corrected chi connectivity index (χ1v) is 4.36. The summed E-state index contributed by atoms with van der Waals surface area (Å²) in [6.45, 7) is 2.13. The van der Waals surface area contributed by atoms with Crippen molar-refractivity contribution in [3.05, 3.63) is 0 Å². The molecule has 0 N–H and O–H groups in total. The van der Waals surface area contributed by atoms with Crippen molar-refractivity contribution in [2.75, 3.05) is 13.2 Å². The number of fused-ring (bicyclic) bond motifs is 1. The van der Waals surface area contributed by atoms with Gasteiger partial charge in [-0.1, -0.05) is 12.8 Å². The molecule has 10 heavy (non-hydrogen) atoms. The van der Waals surface area contributed by atoms with Gasteiger partial charge < -0.3 is 0 Å². The largest absolute Gasteiger partial charge is 0.299 e. The van der Waals surface area contributed by atoms with Gasteiger partial charge in [-0.3, -0.25) is 4.84 Å². The maximum atomic E-state index is 5.47. The van der Waals surface area contributed by atoms with Crippen LogP contribution in [-0.2, 0) is 4.84 Å². The van der Waals surface area contributed by atoms with Crippen LogP contribution in [0.25, 0.3) is 0 Å². The Bertz CT molecular complexity index is 104. The molecule has 2 heteroatoms. The molecule has 0 aromatic rings. The molecule has 2 saturated heterocycles. The lowest BCUT2D eigenvalue weighted by Crippen LogP contribution is -2.27. The van der Waals surface area contributed by atoms with Crippen LogP contribution in [0.5, 0.6) is 0 Å². The van der Waals surface area contributed by atoms with E-state index in [1.807, 2.05) is 0 Å². The van der Waals surface area contributed by atoms with Gasteiger partial charge in [0.25, 0.3) is 0 Å². The smallest absolute Gasteiger partial charge is 0.0701 e. The summed E-state index contributed by atoms with van der Waals surface area (Å²) in [5, 5.41) is 2.20. The number of nitrogens with zero attached hydrogens (tertiary/aromatic N) is 1. The van der Waals surface area contributed by atoms with Crippen molar-refractivity contribution in [1.29, 1.82) is 0 Å². The minimum absolute atomic E-state index is 0.766. The van der Waals surface area contributed by atoms with Crippen LogP contribution < -0.4 is 0 Å². The van der Waals surface area contributed by atoms with Gasteiger partial charge in [-0.05, 0) is 19.3 Å². The molecule has 0 aromatic carbocycles. The van der Waals surface area contributed by atoms with E-state index in [1.54, 1.807) is 0 Å². The fourth-order valence-electron chi connectivity index (χ4n) is 1.92. The topological polar surface area (TPSA) is 12.5 Å². The minimum atomic E-state index is 0.766. The highest BCUT2D eigenvalue weighted by molar-refractivity contribution is 4.73. The molecular formula is C8H15NO. The van der Waals surface area contributed by atoms with Gasteiger partial charge in [0.15, 0.2) is 0 Å². The van der Waals surface area contributed by atoms with Crippen molar-refractivity contribution in [3.63, 3.8) is 0 Å². The molecule has 0 spiro atoms. The summed E-state index contributed by atoms with van der Waals surface area (Å²) in [6.07, 6.45) is 6.76. The van der Waals surface area contributed by atoms with Crippen LogP contribution in [0, 0.1) is 0 Å². The predicted molar refractivity (Wildman–Crippen MR) is 39.5 cm³/mol. The molecule has 2 rings (SSSR count). The van der Waals surface area contributed by atoms with Gasteiger partial charge in [-0.25, -0.2) is 0 Å². The van der Waals surface area contributed by atoms with Crippen molar-refractivity contribution in [1.82, 2.24) is 5.06 Å². The Hall–Kier alpha value is -0.0800. The number of hydrogen-bond donors (Lipinski definition) is 0. The fourth-order valence-corrected chi connectivity index (χ4v) is 1.92. The molecule has 1 unspecified atom stereocenters. The van der Waals surface area contributed by atoms with Crippen LogP contribution in [0.15, 0.2) is 0 Å². The number of hydroxylamine groups is 2. The second-order valence-corrected chi connectivity index (χ2v) is 3.27. The van der Waals surface area contributed by atoms with E-state index >= 15 is 0 Å². The van der Waals surface area contributed by atoms with Crippen molar-refractivity contribution in [2.45, 2.75) is 38.1 Å². The van der Waals surface area contributed by atoms with Crippen LogP contribution in [0.4, 0.5) is 0 Å². The molecule has 2 heterocycles. The zero-order valence-corrected chi connectivity index (χ0v) is 6.38. The molecular weight excluding hydrogens is 126 g/mol. The number of hydrogen-bond acceptors (Lipinski definition) is 2. The monoisotopic (exact) mass is 141 g/mol. The van der Waals surface area contributed by atoms with Crippen LogP contribution in [-0.4, -0.2) is 24.3 Å². The summed E-state index contributed by atoms with van der Waals surface area (Å²) in [5.41, 5.74) is 0. The normalized spacial score (nSPS) is 35.4. The lowest BCUT2D eigenvalue weighted by Gasteiger charge is -2.18. The highest BCUT2D eigenvalue weighted by Crippen LogP contribution is 2.23. The van der Waals surface area contributed by atoms with Crippen molar-refractivity contribution in [3.8, 4) is 0 Å². The lowest BCUT2D eigenvalue weighted by atomic mass is 10.1. The molecule has 58 valence electrons. The molecule has 0 amide bonds. The first kappa shape index (κ1) is 6.62. The Labute approximate surface area is 62.1 Å². The number of rotatable bonds is 0. The molecule has 0 aliphatic carbocycles. The summed E-state index contributed by atoms with van der Waals surface area (Å²) >= 11 is 0. The Kier molecular flexibility index (Phi) is 1.91. The Morgan fingerprint density at radius 1 is 1.10 bits per heavy atom. The SMILES string of the molecule is C1CCC2CCON2CC1. The molecule has 1 atom stereocenters. The first-order chi connectivity index (χ1) is 4.97. The summed E-state index contributed by atoms with van der Waals surface area (Å²) in [7, 11) is 0. The highest BCUT2D eigenvalue weighted by atomic mass is 16.7. The summed E-state index contributed by atoms with van der Waals surface area (Å²) in [5.74, 6) is 0. The van der Waals surface area contributed by atoms with Crippen molar-refractivity contribution >= 4 is 0 Å². The molecule has 0 radical (unpaired) electrons. The molecule has 0 saturated carbocycles. The second kappa shape index (κ2) is 2.89. The van der Waals surface area contributed by atoms with Gasteiger partial charge in [0.2, 0.25) is 0 Å². The van der Waals surface area contributed by atoms with E-state index in [-0.39, 0.29) is 0 Å². The van der Waals surface area contributed by atoms with Gasteiger partial charge in [-0.15, -0.1) is 0 Å². The average molecular weight is 141 g/mol. The zero-order valence-electron chi connectivity index (χ0n) is 6.38. The Balaban J connectivity index is 1.95. The van der Waals surface area contributed by atoms with Crippen LogP contribution in [0.2, 0.25) is 0 Å². The van der Waals surface area contributed by atoms with Gasteiger partial charge in [0, 0.05) is 12.6 Å². The maximum Gasteiger partial charge on any atom is 0.0701 e. The van der Waals surface area contributed by atoms with Crippen LogP contribution in [0.3, 0.4) is 0 Å². The molecule has 2 aliphatic rings. The van der Waals surface area contributed by atoms with Gasteiger partial charge in [0.05, 0.1) is 6.61 Å². The summed E-state index contributed by atoms with van der Waals surface area (Å²) in [4.78, 5) is 5.47. The summed E-state index contributed by atoms with van der Waals surface area (Å²) in [6, 6.07) is 0.766. The summed E-state index contributed by atoms with van der Waals surface area (Å²) < 4.78 is 0. The standard InChI is InChI=1S/C8H15NO/c1-2-4-8-5-7-10-9(8)6-3-1/h8H,1-7H2. The van der Waals surface area contributed by atoms with Gasteiger partial charge >= 0.3 is 0 Å². The second-order valence-electron chi connectivity index (χ2n) is 3.27. The first-order valence-electron chi connectivity index (χ1n) is 4.36. The minimum Gasteiger partial charge on any atom is -0.299 e. The average Bonchev–Trinajstić information content (AvgIpc) is 2.28. The van der Waals surface area contributed by atoms with Gasteiger partial charge in [-0.2, -0.15) is 5.06 Å². The van der Waals surface area contributed by atoms with E-state index in [4.69, 9.17) is 4.84 Å². The third kappa shape index (κ3) is 1.18. The van der Waals surface area contributed by atoms with Crippen LogP contribution in [0.1, 0.15) is 32.1 Å². The molecule has 2 nitrogen and oxygen atoms in total. The Morgan fingerprint density at radius 3 is 3.10 bits per heavy atom.